The quantitative estimate of drug-likeness (QED) is 0.423. The maximum atomic E-state index is 12.4. The van der Waals surface area contributed by atoms with Crippen LogP contribution in [0, 0.1) is 10.1 Å². The topological polar surface area (TPSA) is 117 Å². The van der Waals surface area contributed by atoms with Crippen molar-refractivity contribution >= 4 is 34.9 Å². The second-order valence-electron chi connectivity index (χ2n) is 5.53. The monoisotopic (exact) mass is 408 g/mol. The van der Waals surface area contributed by atoms with Crippen molar-refractivity contribution in [1.29, 1.82) is 0 Å². The Hall–Kier alpha value is -3.33. The minimum Gasteiger partial charge on any atom is -0.496 e. The van der Waals surface area contributed by atoms with Gasteiger partial charge in [-0.2, -0.15) is 0 Å². The van der Waals surface area contributed by atoms with E-state index in [4.69, 9.17) is 25.8 Å². The van der Waals surface area contributed by atoms with Crippen molar-refractivity contribution in [2.75, 3.05) is 19.5 Å². The second kappa shape index (κ2) is 9.05. The van der Waals surface area contributed by atoms with Crippen LogP contribution in [0.1, 0.15) is 17.3 Å². The number of hydrogen-bond acceptors (Lipinski definition) is 7. The maximum Gasteiger partial charge on any atom is 0.342 e. The average molecular weight is 409 g/mol. The van der Waals surface area contributed by atoms with Gasteiger partial charge in [-0.05, 0) is 31.2 Å². The molecule has 0 aliphatic heterocycles. The van der Waals surface area contributed by atoms with E-state index < -0.39 is 22.9 Å². The van der Waals surface area contributed by atoms with Gasteiger partial charge >= 0.3 is 5.97 Å². The summed E-state index contributed by atoms with van der Waals surface area (Å²) in [4.78, 5) is 34.9. The largest absolute Gasteiger partial charge is 0.496 e. The summed E-state index contributed by atoms with van der Waals surface area (Å²) in [7, 11) is 2.77. The number of amides is 1. The van der Waals surface area contributed by atoms with E-state index in [2.05, 4.69) is 5.32 Å². The Bertz CT molecular complexity index is 917. The first-order valence-electron chi connectivity index (χ1n) is 7.94. The molecule has 2 aromatic carbocycles. The average Bonchev–Trinajstić information content (AvgIpc) is 2.67. The highest BCUT2D eigenvalue weighted by Gasteiger charge is 2.24. The van der Waals surface area contributed by atoms with Crippen LogP contribution < -0.4 is 14.8 Å². The number of halogens is 1. The van der Waals surface area contributed by atoms with Crippen molar-refractivity contribution in [3.8, 4) is 11.5 Å². The number of ether oxygens (including phenoxy) is 3. The number of hydrogen-bond donors (Lipinski definition) is 1. The fraction of sp³-hybridized carbons (Fsp3) is 0.222. The number of nitro benzene ring substituents is 1. The van der Waals surface area contributed by atoms with Crippen LogP contribution in [0.2, 0.25) is 5.02 Å². The first-order valence-corrected chi connectivity index (χ1v) is 8.32. The molecular weight excluding hydrogens is 392 g/mol. The van der Waals surface area contributed by atoms with Gasteiger partial charge in [0.15, 0.2) is 6.10 Å². The van der Waals surface area contributed by atoms with Gasteiger partial charge in [-0.25, -0.2) is 4.79 Å². The molecule has 1 amide bonds. The zero-order valence-electron chi connectivity index (χ0n) is 15.2. The molecule has 0 aliphatic carbocycles. The number of nitrogens with one attached hydrogen (secondary N) is 1. The molecule has 0 aromatic heterocycles. The third-order valence-corrected chi connectivity index (χ3v) is 3.98. The minimum absolute atomic E-state index is 0.0881. The van der Waals surface area contributed by atoms with Crippen molar-refractivity contribution in [1.82, 2.24) is 0 Å². The van der Waals surface area contributed by atoms with E-state index in [9.17, 15) is 19.7 Å². The van der Waals surface area contributed by atoms with Crippen LogP contribution in [0.4, 0.5) is 11.4 Å². The van der Waals surface area contributed by atoms with Gasteiger partial charge in [0, 0.05) is 17.8 Å². The third-order valence-electron chi connectivity index (χ3n) is 3.69. The minimum atomic E-state index is -1.18. The molecule has 2 aromatic rings. The summed E-state index contributed by atoms with van der Waals surface area (Å²) in [6.07, 6.45) is -1.18. The van der Waals surface area contributed by atoms with E-state index in [0.717, 1.165) is 6.07 Å². The van der Waals surface area contributed by atoms with E-state index in [1.807, 2.05) is 0 Å². The van der Waals surface area contributed by atoms with E-state index in [1.54, 1.807) is 12.1 Å². The number of carbonyl (C=O) groups excluding carboxylic acids is 2. The van der Waals surface area contributed by atoms with Gasteiger partial charge in [-0.3, -0.25) is 14.9 Å². The number of non-ortho nitro benzene ring substituents is 1. The summed E-state index contributed by atoms with van der Waals surface area (Å²) >= 11 is 6.00. The van der Waals surface area contributed by atoms with Crippen LogP contribution in [0.25, 0.3) is 0 Å². The molecule has 148 valence electrons. The molecule has 0 radical (unpaired) electrons. The summed E-state index contributed by atoms with van der Waals surface area (Å²) in [6, 6.07) is 8.12. The van der Waals surface area contributed by atoms with Gasteiger partial charge in [0.2, 0.25) is 0 Å². The molecule has 0 saturated heterocycles. The first-order chi connectivity index (χ1) is 13.3. The molecule has 0 unspecified atom stereocenters. The van der Waals surface area contributed by atoms with E-state index in [1.165, 1.54) is 39.3 Å². The molecule has 0 aliphatic rings. The Labute approximate surface area is 165 Å². The Morgan fingerprint density at radius 1 is 1.11 bits per heavy atom. The summed E-state index contributed by atoms with van der Waals surface area (Å²) < 4.78 is 15.2. The van der Waals surface area contributed by atoms with Gasteiger partial charge < -0.3 is 19.5 Å². The number of anilines is 1. The van der Waals surface area contributed by atoms with Crippen LogP contribution in [0.15, 0.2) is 36.4 Å². The van der Waals surface area contributed by atoms with Gasteiger partial charge in [0.25, 0.3) is 11.6 Å². The van der Waals surface area contributed by atoms with Gasteiger partial charge in [0.05, 0.1) is 24.2 Å². The lowest BCUT2D eigenvalue weighted by atomic mass is 10.1. The molecule has 9 nitrogen and oxygen atoms in total. The number of benzene rings is 2. The van der Waals surface area contributed by atoms with Gasteiger partial charge in [-0.15, -0.1) is 0 Å². The highest BCUT2D eigenvalue weighted by molar-refractivity contribution is 6.32. The zero-order valence-corrected chi connectivity index (χ0v) is 16.0. The molecule has 1 N–H and O–H groups in total. The second-order valence-corrected chi connectivity index (χ2v) is 5.94. The highest BCUT2D eigenvalue weighted by Crippen LogP contribution is 2.28. The smallest absolute Gasteiger partial charge is 0.342 e. The molecule has 28 heavy (non-hydrogen) atoms. The van der Waals surface area contributed by atoms with Crippen molar-refractivity contribution < 1.29 is 28.7 Å². The normalized spacial score (nSPS) is 11.3. The molecule has 0 heterocycles. The molecule has 0 saturated carbocycles. The molecule has 2 rings (SSSR count). The fourth-order valence-corrected chi connectivity index (χ4v) is 2.49. The number of nitro groups is 1. The number of esters is 1. The zero-order chi connectivity index (χ0) is 20.8. The highest BCUT2D eigenvalue weighted by atomic mass is 35.5. The lowest BCUT2D eigenvalue weighted by molar-refractivity contribution is -0.384. The Morgan fingerprint density at radius 3 is 2.32 bits per heavy atom. The van der Waals surface area contributed by atoms with Gasteiger partial charge in [0.1, 0.15) is 17.1 Å². The summed E-state index contributed by atoms with van der Waals surface area (Å²) in [5, 5.41) is 13.8. The molecule has 10 heteroatoms. The van der Waals surface area contributed by atoms with Crippen molar-refractivity contribution in [2.45, 2.75) is 13.0 Å². The number of rotatable bonds is 7. The van der Waals surface area contributed by atoms with Crippen molar-refractivity contribution in [2.24, 2.45) is 0 Å². The lowest BCUT2D eigenvalue weighted by Gasteiger charge is -2.15. The fourth-order valence-electron chi connectivity index (χ4n) is 2.23. The standard InChI is InChI=1S/C18H17ClN2O7/c1-10(17(22)20-11-4-6-16(27-3)14(19)8-11)28-18(23)13-9-12(21(24)25)5-7-15(13)26-2/h4-10H,1-3H3,(H,20,22)/t10-/m1/s1. The summed E-state index contributed by atoms with van der Waals surface area (Å²) in [5.41, 5.74) is -0.0896. The van der Waals surface area contributed by atoms with E-state index >= 15 is 0 Å². The van der Waals surface area contributed by atoms with Gasteiger partial charge in [-0.1, -0.05) is 11.6 Å². The van der Waals surface area contributed by atoms with Crippen molar-refractivity contribution in [3.05, 3.63) is 57.1 Å². The predicted octanol–water partition coefficient (Wildman–Crippen LogP) is 3.45. The Kier molecular flexibility index (Phi) is 6.78. The Balaban J connectivity index is 2.11. The van der Waals surface area contributed by atoms with Crippen LogP contribution in [0.3, 0.4) is 0 Å². The third kappa shape index (κ3) is 4.89. The predicted molar refractivity (Wildman–Crippen MR) is 101 cm³/mol. The number of methoxy groups -OCH3 is 2. The first kappa shape index (κ1) is 21.0. The van der Waals surface area contributed by atoms with E-state index in [-0.39, 0.29) is 17.0 Å². The molecular formula is C18H17ClN2O7. The molecule has 0 bridgehead atoms. The SMILES string of the molecule is COc1ccc(NC(=O)[C@@H](C)OC(=O)c2cc([N+](=O)[O-])ccc2OC)cc1Cl. The molecule has 0 spiro atoms. The molecule has 1 atom stereocenters. The Morgan fingerprint density at radius 2 is 1.75 bits per heavy atom. The van der Waals surface area contributed by atoms with E-state index in [0.29, 0.717) is 16.5 Å². The maximum absolute atomic E-state index is 12.4. The van der Waals surface area contributed by atoms with Crippen molar-refractivity contribution in [3.63, 3.8) is 0 Å². The van der Waals surface area contributed by atoms with Crippen LogP contribution >= 0.6 is 11.6 Å². The lowest BCUT2D eigenvalue weighted by Crippen LogP contribution is -2.30. The summed E-state index contributed by atoms with van der Waals surface area (Å²) in [6.45, 7) is 1.36. The number of nitrogens with zero attached hydrogens (tertiary/aromatic N) is 1. The summed E-state index contributed by atoms with van der Waals surface area (Å²) in [5.74, 6) is -1.02. The van der Waals surface area contributed by atoms with Crippen LogP contribution in [0.5, 0.6) is 11.5 Å². The molecule has 0 fully saturated rings. The number of carbonyl (C=O) groups is 2. The van der Waals surface area contributed by atoms with Crippen LogP contribution in [-0.4, -0.2) is 37.1 Å². The van der Waals surface area contributed by atoms with Crippen LogP contribution in [-0.2, 0) is 9.53 Å².